The first kappa shape index (κ1) is 13.5. The monoisotopic (exact) mass is 240 g/mol. The Bertz CT molecular complexity index is 408. The van der Waals surface area contributed by atoms with E-state index in [2.05, 4.69) is 0 Å². The summed E-state index contributed by atoms with van der Waals surface area (Å²) in [4.78, 5) is 11.7. The molecule has 1 aromatic carbocycles. The van der Waals surface area contributed by atoms with Gasteiger partial charge in [0.2, 0.25) is 0 Å². The molecule has 17 heavy (non-hydrogen) atoms. The molecule has 0 spiro atoms. The fourth-order valence-electron chi connectivity index (χ4n) is 1.27. The van der Waals surface area contributed by atoms with Crippen molar-refractivity contribution in [1.82, 2.24) is 0 Å². The van der Waals surface area contributed by atoms with Crippen molar-refractivity contribution in [2.75, 3.05) is 6.61 Å². The highest BCUT2D eigenvalue weighted by molar-refractivity contribution is 5.90. The van der Waals surface area contributed by atoms with Gasteiger partial charge in [-0.25, -0.2) is 9.18 Å². The Balaban J connectivity index is 2.98. The number of carbonyl (C=O) groups excluding carboxylic acids is 1. The van der Waals surface area contributed by atoms with E-state index < -0.39 is 17.4 Å². The molecule has 0 atom stereocenters. The summed E-state index contributed by atoms with van der Waals surface area (Å²) in [7, 11) is 0. The average Bonchev–Trinajstić information content (AvgIpc) is 2.18. The van der Waals surface area contributed by atoms with E-state index in [0.29, 0.717) is 6.61 Å². The van der Waals surface area contributed by atoms with Gasteiger partial charge in [-0.2, -0.15) is 0 Å². The van der Waals surface area contributed by atoms with Crippen LogP contribution in [0.5, 0.6) is 5.75 Å². The summed E-state index contributed by atoms with van der Waals surface area (Å²) in [6, 6.07) is 4.42. The Morgan fingerprint density at radius 3 is 2.53 bits per heavy atom. The van der Waals surface area contributed by atoms with Gasteiger partial charge in [0.15, 0.2) is 11.6 Å². The largest absolute Gasteiger partial charge is 0.491 e. The molecule has 0 radical (unpaired) electrons. The lowest BCUT2D eigenvalue weighted by atomic mass is 10.1. The van der Waals surface area contributed by atoms with Crippen LogP contribution in [-0.2, 0) is 4.74 Å². The second-order valence-corrected chi connectivity index (χ2v) is 4.55. The molecule has 0 aliphatic carbocycles. The third-order valence-electron chi connectivity index (χ3n) is 1.88. The van der Waals surface area contributed by atoms with Gasteiger partial charge < -0.3 is 9.47 Å². The van der Waals surface area contributed by atoms with Gasteiger partial charge in [-0.1, -0.05) is 6.07 Å². The van der Waals surface area contributed by atoms with Gasteiger partial charge in [-0.3, -0.25) is 0 Å². The maximum Gasteiger partial charge on any atom is 0.341 e. The van der Waals surface area contributed by atoms with Crippen LogP contribution >= 0.6 is 0 Å². The lowest BCUT2D eigenvalue weighted by Gasteiger charge is -2.19. The first-order valence-corrected chi connectivity index (χ1v) is 5.50. The van der Waals surface area contributed by atoms with E-state index in [4.69, 9.17) is 9.47 Å². The molecule has 0 saturated heterocycles. The summed E-state index contributed by atoms with van der Waals surface area (Å²) in [5, 5.41) is 0. The summed E-state index contributed by atoms with van der Waals surface area (Å²) < 4.78 is 24.0. The van der Waals surface area contributed by atoms with Crippen molar-refractivity contribution in [2.24, 2.45) is 0 Å². The summed E-state index contributed by atoms with van der Waals surface area (Å²) in [6.45, 7) is 7.29. The van der Waals surface area contributed by atoms with Crippen molar-refractivity contribution >= 4 is 5.97 Å². The molecule has 0 amide bonds. The van der Waals surface area contributed by atoms with Crippen LogP contribution in [0.3, 0.4) is 0 Å². The molecule has 0 aromatic heterocycles. The van der Waals surface area contributed by atoms with Crippen LogP contribution in [0.15, 0.2) is 18.2 Å². The Kier molecular flexibility index (Phi) is 4.10. The van der Waals surface area contributed by atoms with Crippen LogP contribution in [0.25, 0.3) is 0 Å². The van der Waals surface area contributed by atoms with E-state index >= 15 is 0 Å². The molecule has 0 N–H and O–H groups in total. The standard InChI is InChI=1S/C13H17FO3/c1-5-16-10-8-6-7-9(11(10)14)12(15)17-13(2,3)4/h6-8H,5H2,1-4H3. The van der Waals surface area contributed by atoms with Gasteiger partial charge >= 0.3 is 5.97 Å². The predicted molar refractivity (Wildman–Crippen MR) is 62.7 cm³/mol. The minimum Gasteiger partial charge on any atom is -0.491 e. The summed E-state index contributed by atoms with van der Waals surface area (Å²) >= 11 is 0. The maximum absolute atomic E-state index is 13.9. The van der Waals surface area contributed by atoms with Crippen molar-refractivity contribution in [2.45, 2.75) is 33.3 Å². The SMILES string of the molecule is CCOc1cccc(C(=O)OC(C)(C)C)c1F. The van der Waals surface area contributed by atoms with Gasteiger partial charge in [0.1, 0.15) is 5.60 Å². The zero-order valence-electron chi connectivity index (χ0n) is 10.5. The smallest absolute Gasteiger partial charge is 0.341 e. The van der Waals surface area contributed by atoms with Crippen LogP contribution in [0.1, 0.15) is 38.1 Å². The molecule has 0 aliphatic heterocycles. The molecule has 3 nitrogen and oxygen atoms in total. The highest BCUT2D eigenvalue weighted by atomic mass is 19.1. The topological polar surface area (TPSA) is 35.5 Å². The van der Waals surface area contributed by atoms with Gasteiger partial charge in [0, 0.05) is 0 Å². The highest BCUT2D eigenvalue weighted by Gasteiger charge is 2.22. The van der Waals surface area contributed by atoms with Crippen molar-refractivity contribution in [3.8, 4) is 5.75 Å². The number of hydrogen-bond acceptors (Lipinski definition) is 3. The number of benzene rings is 1. The molecule has 1 rings (SSSR count). The third-order valence-corrected chi connectivity index (χ3v) is 1.88. The first-order chi connectivity index (χ1) is 7.85. The second kappa shape index (κ2) is 5.17. The Labute approximate surface area is 101 Å². The van der Waals surface area contributed by atoms with E-state index in [1.807, 2.05) is 0 Å². The zero-order chi connectivity index (χ0) is 13.1. The molecule has 1 aromatic rings. The van der Waals surface area contributed by atoms with E-state index in [1.165, 1.54) is 12.1 Å². The summed E-state index contributed by atoms with van der Waals surface area (Å²) in [5.74, 6) is -1.30. The van der Waals surface area contributed by atoms with Crippen LogP contribution in [0, 0.1) is 5.82 Å². The fraction of sp³-hybridized carbons (Fsp3) is 0.462. The molecule has 0 bridgehead atoms. The number of halogens is 1. The molecular formula is C13H17FO3. The minimum absolute atomic E-state index is 0.0656. The van der Waals surface area contributed by atoms with Crippen molar-refractivity contribution in [1.29, 1.82) is 0 Å². The van der Waals surface area contributed by atoms with Crippen LogP contribution in [-0.4, -0.2) is 18.2 Å². The van der Waals surface area contributed by atoms with Gasteiger partial charge in [-0.15, -0.1) is 0 Å². The molecule has 0 heterocycles. The fourth-order valence-corrected chi connectivity index (χ4v) is 1.27. The molecule has 94 valence electrons. The van der Waals surface area contributed by atoms with Crippen molar-refractivity contribution < 1.29 is 18.7 Å². The van der Waals surface area contributed by atoms with E-state index in [1.54, 1.807) is 33.8 Å². The molecule has 0 fully saturated rings. The third kappa shape index (κ3) is 3.73. The highest BCUT2D eigenvalue weighted by Crippen LogP contribution is 2.22. The maximum atomic E-state index is 13.9. The Morgan fingerprint density at radius 1 is 1.35 bits per heavy atom. The second-order valence-electron chi connectivity index (χ2n) is 4.55. The number of rotatable bonds is 3. The molecular weight excluding hydrogens is 223 g/mol. The van der Waals surface area contributed by atoms with Crippen molar-refractivity contribution in [3.05, 3.63) is 29.6 Å². The van der Waals surface area contributed by atoms with E-state index in [9.17, 15) is 9.18 Å². The minimum atomic E-state index is -0.684. The summed E-state index contributed by atoms with van der Waals surface area (Å²) in [6.07, 6.45) is 0. The molecule has 0 unspecified atom stereocenters. The average molecular weight is 240 g/mol. The van der Waals surface area contributed by atoms with Gasteiger partial charge in [0.25, 0.3) is 0 Å². The Morgan fingerprint density at radius 2 is 2.00 bits per heavy atom. The van der Waals surface area contributed by atoms with Crippen LogP contribution in [0.2, 0.25) is 0 Å². The number of carbonyl (C=O) groups is 1. The quantitative estimate of drug-likeness (QED) is 0.761. The van der Waals surface area contributed by atoms with Crippen LogP contribution < -0.4 is 4.74 Å². The first-order valence-electron chi connectivity index (χ1n) is 5.50. The van der Waals surface area contributed by atoms with Gasteiger partial charge in [0.05, 0.1) is 12.2 Å². The molecule has 0 aliphatic rings. The lowest BCUT2D eigenvalue weighted by molar-refractivity contribution is 0.00639. The van der Waals surface area contributed by atoms with E-state index in [-0.39, 0.29) is 11.3 Å². The molecule has 4 heteroatoms. The van der Waals surface area contributed by atoms with E-state index in [0.717, 1.165) is 0 Å². The number of ether oxygens (including phenoxy) is 2. The predicted octanol–water partition coefficient (Wildman–Crippen LogP) is 3.18. The Hall–Kier alpha value is -1.58. The normalized spacial score (nSPS) is 11.1. The molecule has 0 saturated carbocycles. The van der Waals surface area contributed by atoms with Crippen molar-refractivity contribution in [3.63, 3.8) is 0 Å². The number of esters is 1. The zero-order valence-corrected chi connectivity index (χ0v) is 10.5. The lowest BCUT2D eigenvalue weighted by Crippen LogP contribution is -2.24. The summed E-state index contributed by atoms with van der Waals surface area (Å²) in [5.41, 5.74) is -0.753. The van der Waals surface area contributed by atoms with Crippen LogP contribution in [0.4, 0.5) is 4.39 Å². The number of hydrogen-bond donors (Lipinski definition) is 0. The van der Waals surface area contributed by atoms with Gasteiger partial charge in [-0.05, 0) is 39.8 Å².